The number of halogens is 2. The number of imide groups is 1. The van der Waals surface area contributed by atoms with Gasteiger partial charge in [0.1, 0.15) is 12.4 Å². The zero-order valence-corrected chi connectivity index (χ0v) is 14.6. The van der Waals surface area contributed by atoms with Gasteiger partial charge in [-0.3, -0.25) is 14.5 Å². The highest BCUT2D eigenvalue weighted by molar-refractivity contribution is 9.10. The lowest BCUT2D eigenvalue weighted by molar-refractivity contribution is -0.121. The van der Waals surface area contributed by atoms with Gasteiger partial charge in [0.05, 0.1) is 11.3 Å². The molecule has 5 nitrogen and oxygen atoms in total. The Morgan fingerprint density at radius 1 is 1.08 bits per heavy atom. The Balaban J connectivity index is 1.66. The van der Waals surface area contributed by atoms with E-state index < -0.39 is 11.8 Å². The summed E-state index contributed by atoms with van der Waals surface area (Å²) >= 11 is 3.16. The minimum absolute atomic E-state index is 0.192. The number of carbonyl (C=O) groups excluding carboxylic acids is 3. The highest BCUT2D eigenvalue weighted by atomic mass is 79.9. The maximum atomic E-state index is 13.7. The van der Waals surface area contributed by atoms with E-state index in [1.165, 1.54) is 36.4 Å². The number of carbonyl (C=O) groups is 3. The highest BCUT2D eigenvalue weighted by Gasteiger charge is 2.30. The summed E-state index contributed by atoms with van der Waals surface area (Å²) in [5, 5.41) is 0. The first-order valence-electron chi connectivity index (χ1n) is 7.52. The molecule has 1 aliphatic rings. The summed E-state index contributed by atoms with van der Waals surface area (Å²) in [5.74, 6) is -1.60. The van der Waals surface area contributed by atoms with Gasteiger partial charge in [0, 0.05) is 22.9 Å². The van der Waals surface area contributed by atoms with Crippen molar-refractivity contribution in [1.29, 1.82) is 0 Å². The molecule has 2 aromatic carbocycles. The van der Waals surface area contributed by atoms with Crippen molar-refractivity contribution >= 4 is 39.4 Å². The highest BCUT2D eigenvalue weighted by Crippen LogP contribution is 2.23. The molecule has 0 radical (unpaired) electrons. The SMILES string of the molecule is O=C(OCc1ccc(Br)cc1F)c1ccc(N2C(=O)CCC2=O)cc1. The van der Waals surface area contributed by atoms with Crippen LogP contribution >= 0.6 is 15.9 Å². The molecule has 1 aliphatic heterocycles. The molecule has 2 amide bonds. The molecule has 7 heteroatoms. The van der Waals surface area contributed by atoms with Crippen molar-refractivity contribution in [3.63, 3.8) is 0 Å². The van der Waals surface area contributed by atoms with Gasteiger partial charge in [-0.2, -0.15) is 0 Å². The van der Waals surface area contributed by atoms with Crippen LogP contribution in [-0.4, -0.2) is 17.8 Å². The van der Waals surface area contributed by atoms with E-state index in [9.17, 15) is 18.8 Å². The predicted molar refractivity (Wildman–Crippen MR) is 91.4 cm³/mol. The molecule has 0 unspecified atom stereocenters. The lowest BCUT2D eigenvalue weighted by Crippen LogP contribution is -2.28. The Bertz CT molecular complexity index is 835. The number of esters is 1. The number of benzene rings is 2. The normalized spacial score (nSPS) is 14.1. The van der Waals surface area contributed by atoms with Crippen LogP contribution < -0.4 is 4.90 Å². The average molecular weight is 406 g/mol. The number of hydrogen-bond acceptors (Lipinski definition) is 4. The van der Waals surface area contributed by atoms with Gasteiger partial charge in [-0.1, -0.05) is 22.0 Å². The van der Waals surface area contributed by atoms with Crippen LogP contribution in [0.1, 0.15) is 28.8 Å². The van der Waals surface area contributed by atoms with Gasteiger partial charge >= 0.3 is 5.97 Å². The number of amides is 2. The second-order valence-electron chi connectivity index (χ2n) is 5.48. The largest absolute Gasteiger partial charge is 0.457 e. The van der Waals surface area contributed by atoms with E-state index >= 15 is 0 Å². The van der Waals surface area contributed by atoms with E-state index in [-0.39, 0.29) is 42.4 Å². The molecule has 1 saturated heterocycles. The molecule has 2 aromatic rings. The summed E-state index contributed by atoms with van der Waals surface area (Å²) in [6.45, 7) is -0.192. The Morgan fingerprint density at radius 2 is 1.72 bits per heavy atom. The van der Waals surface area contributed by atoms with Gasteiger partial charge < -0.3 is 4.74 Å². The third kappa shape index (κ3) is 3.76. The maximum Gasteiger partial charge on any atom is 0.338 e. The molecule has 1 fully saturated rings. The fourth-order valence-corrected chi connectivity index (χ4v) is 2.81. The molecule has 0 spiro atoms. The monoisotopic (exact) mass is 405 g/mol. The lowest BCUT2D eigenvalue weighted by atomic mass is 10.2. The van der Waals surface area contributed by atoms with Crippen molar-refractivity contribution in [3.05, 3.63) is 63.9 Å². The zero-order valence-electron chi connectivity index (χ0n) is 13.0. The predicted octanol–water partition coefficient (Wildman–Crippen LogP) is 3.60. The first-order valence-corrected chi connectivity index (χ1v) is 8.32. The molecular formula is C18H13BrFNO4. The molecule has 0 aromatic heterocycles. The van der Waals surface area contributed by atoms with Crippen molar-refractivity contribution in [2.45, 2.75) is 19.4 Å². The van der Waals surface area contributed by atoms with Crippen LogP contribution in [-0.2, 0) is 20.9 Å². The van der Waals surface area contributed by atoms with Crippen molar-refractivity contribution in [1.82, 2.24) is 0 Å². The van der Waals surface area contributed by atoms with Crippen molar-refractivity contribution in [2.75, 3.05) is 4.90 Å². The van der Waals surface area contributed by atoms with Crippen LogP contribution in [0.3, 0.4) is 0 Å². The van der Waals surface area contributed by atoms with Crippen LogP contribution in [0, 0.1) is 5.82 Å². The van der Waals surface area contributed by atoms with Crippen LogP contribution in [0.5, 0.6) is 0 Å². The summed E-state index contributed by atoms with van der Waals surface area (Å²) in [4.78, 5) is 36.5. The van der Waals surface area contributed by atoms with E-state index in [1.807, 2.05) is 0 Å². The van der Waals surface area contributed by atoms with E-state index in [0.717, 1.165) is 4.90 Å². The lowest BCUT2D eigenvalue weighted by Gasteiger charge is -2.14. The molecule has 128 valence electrons. The molecule has 0 aliphatic carbocycles. The standard InChI is InChI=1S/C18H13BrFNO4/c19-13-4-1-12(15(20)9-13)10-25-18(24)11-2-5-14(6-3-11)21-16(22)7-8-17(21)23/h1-6,9H,7-8,10H2. The average Bonchev–Trinajstić information content (AvgIpc) is 2.92. The van der Waals surface area contributed by atoms with Crippen molar-refractivity contribution < 1.29 is 23.5 Å². The van der Waals surface area contributed by atoms with Gasteiger partial charge in [-0.05, 0) is 36.4 Å². The molecule has 0 atom stereocenters. The van der Waals surface area contributed by atoms with Gasteiger partial charge in [-0.15, -0.1) is 0 Å². The fourth-order valence-electron chi connectivity index (χ4n) is 2.48. The molecule has 1 heterocycles. The summed E-state index contributed by atoms with van der Waals surface area (Å²) in [5.41, 5.74) is 0.935. The second kappa shape index (κ2) is 7.14. The van der Waals surface area contributed by atoms with E-state index in [4.69, 9.17) is 4.74 Å². The minimum atomic E-state index is -0.618. The molecular weight excluding hydrogens is 393 g/mol. The van der Waals surface area contributed by atoms with Gasteiger partial charge in [0.2, 0.25) is 11.8 Å². The van der Waals surface area contributed by atoms with Gasteiger partial charge in [0.15, 0.2) is 0 Å². The first-order chi connectivity index (χ1) is 12.0. The summed E-state index contributed by atoms with van der Waals surface area (Å²) in [6, 6.07) is 10.4. The summed E-state index contributed by atoms with van der Waals surface area (Å²) in [7, 11) is 0. The van der Waals surface area contributed by atoms with E-state index in [2.05, 4.69) is 15.9 Å². The van der Waals surface area contributed by atoms with E-state index in [0.29, 0.717) is 10.2 Å². The number of rotatable bonds is 4. The Morgan fingerprint density at radius 3 is 2.32 bits per heavy atom. The molecule has 0 bridgehead atoms. The van der Waals surface area contributed by atoms with Gasteiger partial charge in [-0.25, -0.2) is 9.18 Å². The van der Waals surface area contributed by atoms with Gasteiger partial charge in [0.25, 0.3) is 0 Å². The van der Waals surface area contributed by atoms with Crippen molar-refractivity contribution in [3.8, 4) is 0 Å². The number of hydrogen-bond donors (Lipinski definition) is 0. The number of nitrogens with zero attached hydrogens (tertiary/aromatic N) is 1. The molecule has 3 rings (SSSR count). The topological polar surface area (TPSA) is 63.7 Å². The zero-order chi connectivity index (χ0) is 18.0. The van der Waals surface area contributed by atoms with E-state index in [1.54, 1.807) is 6.07 Å². The van der Waals surface area contributed by atoms with Crippen LogP contribution in [0.15, 0.2) is 46.9 Å². The first kappa shape index (κ1) is 17.3. The number of anilines is 1. The van der Waals surface area contributed by atoms with Crippen LogP contribution in [0.4, 0.5) is 10.1 Å². The fraction of sp³-hybridized carbons (Fsp3) is 0.167. The Hall–Kier alpha value is -2.54. The molecule has 25 heavy (non-hydrogen) atoms. The summed E-state index contributed by atoms with van der Waals surface area (Å²) in [6.07, 6.45) is 0.392. The van der Waals surface area contributed by atoms with Crippen molar-refractivity contribution in [2.24, 2.45) is 0 Å². The molecule has 0 N–H and O–H groups in total. The van der Waals surface area contributed by atoms with Crippen LogP contribution in [0.25, 0.3) is 0 Å². The number of ether oxygens (including phenoxy) is 1. The Labute approximate surface area is 151 Å². The maximum absolute atomic E-state index is 13.7. The minimum Gasteiger partial charge on any atom is -0.457 e. The Kier molecular flexibility index (Phi) is 4.94. The summed E-state index contributed by atoms with van der Waals surface area (Å²) < 4.78 is 19.4. The van der Waals surface area contributed by atoms with Crippen LogP contribution in [0.2, 0.25) is 0 Å². The smallest absolute Gasteiger partial charge is 0.338 e. The third-order valence-electron chi connectivity index (χ3n) is 3.79. The second-order valence-corrected chi connectivity index (χ2v) is 6.40. The third-order valence-corrected chi connectivity index (χ3v) is 4.28. The quantitative estimate of drug-likeness (QED) is 0.575. The molecule has 0 saturated carbocycles.